The van der Waals surface area contributed by atoms with Crippen LogP contribution in [-0.2, 0) is 41.7 Å². The first-order valence-electron chi connectivity index (χ1n) is 14.0. The highest BCUT2D eigenvalue weighted by Gasteiger charge is 2.40. The number of ether oxygens (including phenoxy) is 3. The summed E-state index contributed by atoms with van der Waals surface area (Å²) in [5.74, 6) is -3.46. The third-order valence-electron chi connectivity index (χ3n) is 6.67. The van der Waals surface area contributed by atoms with Gasteiger partial charge in [-0.05, 0) is 49.4 Å². The normalized spacial score (nSPS) is 15.9. The van der Waals surface area contributed by atoms with Gasteiger partial charge in [0.1, 0.15) is 30.5 Å². The molecule has 2 N–H and O–H groups in total. The number of esters is 1. The fourth-order valence-electron chi connectivity index (χ4n) is 4.34. The second-order valence-electron chi connectivity index (χ2n) is 10.7. The van der Waals surface area contributed by atoms with E-state index in [2.05, 4.69) is 10.6 Å². The Morgan fingerprint density at radius 1 is 0.953 bits per heavy atom. The summed E-state index contributed by atoms with van der Waals surface area (Å²) in [6.45, 7) is 6.81. The Balaban J connectivity index is 1.68. The van der Waals surface area contributed by atoms with E-state index in [-0.39, 0.29) is 24.8 Å². The molecule has 0 aliphatic carbocycles. The van der Waals surface area contributed by atoms with Crippen molar-refractivity contribution in [2.75, 3.05) is 18.7 Å². The van der Waals surface area contributed by atoms with Gasteiger partial charge in [0, 0.05) is 5.75 Å². The van der Waals surface area contributed by atoms with Crippen molar-refractivity contribution < 1.29 is 38.2 Å². The van der Waals surface area contributed by atoms with Gasteiger partial charge in [-0.2, -0.15) is 0 Å². The second kappa shape index (κ2) is 16.0. The van der Waals surface area contributed by atoms with Crippen molar-refractivity contribution in [1.29, 1.82) is 0 Å². The van der Waals surface area contributed by atoms with E-state index >= 15 is 0 Å². The average molecular weight is 614 g/mol. The maximum Gasteiger partial charge on any atom is 0.408 e. The smallest absolute Gasteiger partial charge is 0.408 e. The van der Waals surface area contributed by atoms with Crippen LogP contribution in [0.25, 0.3) is 0 Å². The number of carbonyl (C=O) groups is 5. The predicted molar refractivity (Wildman–Crippen MR) is 161 cm³/mol. The number of hydrogen-bond donors (Lipinski definition) is 2. The Morgan fingerprint density at radius 3 is 2.23 bits per heavy atom. The number of carbonyl (C=O) groups excluding carboxylic acids is 5. The Kier molecular flexibility index (Phi) is 12.4. The van der Waals surface area contributed by atoms with Gasteiger partial charge in [-0.25, -0.2) is 9.59 Å². The van der Waals surface area contributed by atoms with Crippen LogP contribution >= 0.6 is 11.8 Å². The number of amides is 3. The summed E-state index contributed by atoms with van der Waals surface area (Å²) in [4.78, 5) is 66.7. The number of thioether (sulfide) groups is 1. The lowest BCUT2D eigenvalue weighted by Gasteiger charge is -2.31. The molecule has 0 radical (unpaired) electrons. The van der Waals surface area contributed by atoms with E-state index in [1.54, 1.807) is 89.4 Å². The second-order valence-corrected chi connectivity index (χ2v) is 11.7. The molecule has 0 unspecified atom stereocenters. The first kappa shape index (κ1) is 33.4. The molecule has 3 amide bonds. The largest absolute Gasteiger partial charge is 0.497 e. The number of alkyl carbamates (subject to hydrolysis) is 1. The molecule has 12 heteroatoms. The molecule has 0 aromatic heterocycles. The Labute approximate surface area is 256 Å². The van der Waals surface area contributed by atoms with Crippen LogP contribution in [-0.4, -0.2) is 71.6 Å². The van der Waals surface area contributed by atoms with Crippen LogP contribution in [0.3, 0.4) is 0 Å². The maximum absolute atomic E-state index is 13.6. The molecule has 2 aromatic carbocycles. The quantitative estimate of drug-likeness (QED) is 0.198. The van der Waals surface area contributed by atoms with Gasteiger partial charge in [0.15, 0.2) is 0 Å². The summed E-state index contributed by atoms with van der Waals surface area (Å²) < 4.78 is 15.5. The van der Waals surface area contributed by atoms with Crippen LogP contribution in [0.5, 0.6) is 5.75 Å². The van der Waals surface area contributed by atoms with Crippen LogP contribution in [0.15, 0.2) is 54.6 Å². The number of Topliss-reactive ketones (excluding diaryl/α,β-unsaturated/α-hetero) is 1. The van der Waals surface area contributed by atoms with E-state index in [1.807, 2.05) is 0 Å². The zero-order valence-electron chi connectivity index (χ0n) is 25.0. The number of nitrogens with one attached hydrogen (secondary N) is 2. The highest BCUT2D eigenvalue weighted by Crippen LogP contribution is 2.23. The molecular weight excluding hydrogens is 574 g/mol. The lowest BCUT2D eigenvalue weighted by Crippen LogP contribution is -2.57. The average Bonchev–Trinajstić information content (AvgIpc) is 3.45. The van der Waals surface area contributed by atoms with Gasteiger partial charge in [0.05, 0.1) is 19.1 Å². The number of ketones is 1. The molecule has 1 aliphatic rings. The van der Waals surface area contributed by atoms with Crippen molar-refractivity contribution in [2.45, 2.75) is 59.0 Å². The number of methoxy groups -OCH3 is 1. The van der Waals surface area contributed by atoms with E-state index in [1.165, 1.54) is 16.7 Å². The lowest BCUT2D eigenvalue weighted by atomic mass is 9.94. The minimum absolute atomic E-state index is 0.00313. The monoisotopic (exact) mass is 613 g/mol. The van der Waals surface area contributed by atoms with Gasteiger partial charge >= 0.3 is 12.1 Å². The molecular formula is C31H39N3O8S. The topological polar surface area (TPSA) is 140 Å². The van der Waals surface area contributed by atoms with E-state index < -0.39 is 53.9 Å². The molecule has 1 aliphatic heterocycles. The minimum atomic E-state index is -1.34. The van der Waals surface area contributed by atoms with E-state index in [9.17, 15) is 24.0 Å². The molecule has 1 fully saturated rings. The van der Waals surface area contributed by atoms with E-state index in [4.69, 9.17) is 14.2 Å². The zero-order valence-corrected chi connectivity index (χ0v) is 25.8. The third kappa shape index (κ3) is 9.74. The molecule has 3 rings (SSSR count). The number of benzene rings is 2. The first-order valence-corrected chi connectivity index (χ1v) is 15.2. The van der Waals surface area contributed by atoms with Crippen molar-refractivity contribution in [3.8, 4) is 5.75 Å². The van der Waals surface area contributed by atoms with Crippen LogP contribution < -0.4 is 15.4 Å². The third-order valence-corrected chi connectivity index (χ3v) is 7.68. The number of hydrogen-bond acceptors (Lipinski definition) is 9. The Hall–Kier alpha value is -4.06. The molecule has 0 saturated carbocycles. The van der Waals surface area contributed by atoms with Crippen molar-refractivity contribution in [2.24, 2.45) is 11.8 Å². The van der Waals surface area contributed by atoms with Gasteiger partial charge in [-0.15, -0.1) is 11.8 Å². The molecule has 11 nitrogen and oxygen atoms in total. The highest BCUT2D eigenvalue weighted by molar-refractivity contribution is 7.99. The van der Waals surface area contributed by atoms with Crippen molar-refractivity contribution >= 4 is 41.4 Å². The first-order chi connectivity index (χ1) is 20.5. The lowest BCUT2D eigenvalue weighted by molar-refractivity contribution is -0.160. The van der Waals surface area contributed by atoms with Gasteiger partial charge in [0.2, 0.25) is 11.8 Å². The zero-order chi connectivity index (χ0) is 31.5. The van der Waals surface area contributed by atoms with Gasteiger partial charge < -0.3 is 29.7 Å². The number of nitrogens with zero attached hydrogens (tertiary/aromatic N) is 1. The number of rotatable bonds is 13. The summed E-state index contributed by atoms with van der Waals surface area (Å²) in [6.07, 6.45) is -2.05. The molecule has 1 heterocycles. The molecule has 3 atom stereocenters. The van der Waals surface area contributed by atoms with Crippen molar-refractivity contribution in [3.63, 3.8) is 0 Å². The fraction of sp³-hybridized carbons (Fsp3) is 0.452. The maximum atomic E-state index is 13.6. The standard InChI is InChI=1S/C31H39N3O8S/c1-19(2)26(33-31(39)41-16-22-11-13-23(40-5)14-12-22)29(37)34-18-43-17-25(34)32-28(36)24(15-21-9-7-6-8-10-21)27(35)30(38)42-20(3)4/h6-14,19-20,24-26H,15-18H2,1-5H3,(H,32,36)(H,33,39)/t24-,25+,26-/m0/s1. The molecule has 0 bridgehead atoms. The van der Waals surface area contributed by atoms with E-state index in [0.29, 0.717) is 17.1 Å². The summed E-state index contributed by atoms with van der Waals surface area (Å²) in [7, 11) is 1.56. The highest BCUT2D eigenvalue weighted by atomic mass is 32.2. The van der Waals surface area contributed by atoms with Gasteiger partial charge in [-0.3, -0.25) is 14.4 Å². The van der Waals surface area contributed by atoms with Crippen molar-refractivity contribution in [3.05, 3.63) is 65.7 Å². The molecule has 0 spiro atoms. The van der Waals surface area contributed by atoms with Gasteiger partial charge in [-0.1, -0.05) is 56.3 Å². The summed E-state index contributed by atoms with van der Waals surface area (Å²) in [6, 6.07) is 15.0. The van der Waals surface area contributed by atoms with Crippen LogP contribution in [0.2, 0.25) is 0 Å². The predicted octanol–water partition coefficient (Wildman–Crippen LogP) is 3.30. The summed E-state index contributed by atoms with van der Waals surface area (Å²) in [5, 5.41) is 5.44. The molecule has 2 aromatic rings. The van der Waals surface area contributed by atoms with Gasteiger partial charge in [0.25, 0.3) is 5.78 Å². The molecule has 43 heavy (non-hydrogen) atoms. The fourth-order valence-corrected chi connectivity index (χ4v) is 5.44. The van der Waals surface area contributed by atoms with Crippen LogP contribution in [0, 0.1) is 11.8 Å². The molecule has 1 saturated heterocycles. The minimum Gasteiger partial charge on any atom is -0.497 e. The summed E-state index contributed by atoms with van der Waals surface area (Å²) in [5.41, 5.74) is 1.44. The van der Waals surface area contributed by atoms with Crippen molar-refractivity contribution in [1.82, 2.24) is 15.5 Å². The van der Waals surface area contributed by atoms with Crippen LogP contribution in [0.4, 0.5) is 4.79 Å². The Morgan fingerprint density at radius 2 is 1.63 bits per heavy atom. The SMILES string of the molecule is COc1ccc(COC(=O)N[C@H](C(=O)N2CSC[C@@H]2NC(=O)[C@@H](Cc2ccccc2)C(=O)C(=O)OC(C)C)C(C)C)cc1. The van der Waals surface area contributed by atoms with Crippen LogP contribution in [0.1, 0.15) is 38.8 Å². The molecule has 232 valence electrons. The summed E-state index contributed by atoms with van der Waals surface area (Å²) >= 11 is 1.42. The Bertz CT molecular complexity index is 1270. The van der Waals surface area contributed by atoms with E-state index in [0.717, 1.165) is 5.56 Å².